The fraction of sp³-hybridized carbons (Fsp3) is 0.273. The Morgan fingerprint density at radius 3 is 2.41 bits per heavy atom. The number of likely N-dealkylation sites (N-methyl/N-ethyl adjacent to an activating group) is 1. The lowest BCUT2D eigenvalue weighted by Crippen LogP contribution is -2.32. The zero-order valence-electron chi connectivity index (χ0n) is 15.8. The van der Waals surface area contributed by atoms with Gasteiger partial charge >= 0.3 is 0 Å². The molecule has 0 spiro atoms. The normalized spacial score (nSPS) is 11.7. The molecule has 2 aromatic carbocycles. The van der Waals surface area contributed by atoms with Crippen molar-refractivity contribution < 1.29 is 5.11 Å². The Morgan fingerprint density at radius 2 is 1.70 bits per heavy atom. The van der Waals surface area contributed by atoms with E-state index in [4.69, 9.17) is 0 Å². The molecule has 3 rings (SSSR count). The summed E-state index contributed by atoms with van der Waals surface area (Å²) in [6.07, 6.45) is 5.72. The smallest absolute Gasteiger partial charge is 0.274 e. The summed E-state index contributed by atoms with van der Waals surface area (Å²) in [6.45, 7) is 7.59. The van der Waals surface area contributed by atoms with Gasteiger partial charge in [0.05, 0.1) is 18.1 Å². The number of phenols is 1. The Balaban J connectivity index is 1.81. The molecular formula is C22H25N3O2. The molecule has 0 atom stereocenters. The predicted octanol–water partition coefficient (Wildman–Crippen LogP) is 3.61. The second-order valence-corrected chi connectivity index (χ2v) is 6.47. The van der Waals surface area contributed by atoms with Crippen molar-refractivity contribution in [3.8, 4) is 5.75 Å². The van der Waals surface area contributed by atoms with E-state index in [0.29, 0.717) is 11.9 Å². The van der Waals surface area contributed by atoms with E-state index in [9.17, 15) is 9.90 Å². The fourth-order valence-electron chi connectivity index (χ4n) is 3.02. The molecule has 0 bridgehead atoms. The summed E-state index contributed by atoms with van der Waals surface area (Å²) in [5, 5.41) is 15.2. The van der Waals surface area contributed by atoms with Gasteiger partial charge in [0, 0.05) is 11.9 Å². The highest BCUT2D eigenvalue weighted by Gasteiger charge is 2.06. The van der Waals surface area contributed by atoms with Gasteiger partial charge in [0.15, 0.2) is 0 Å². The lowest BCUT2D eigenvalue weighted by Gasteiger charge is -2.18. The van der Waals surface area contributed by atoms with Gasteiger partial charge in [0.2, 0.25) is 0 Å². The summed E-state index contributed by atoms with van der Waals surface area (Å²) in [5.41, 5.74) is 1.95. The van der Waals surface area contributed by atoms with E-state index in [1.165, 1.54) is 0 Å². The van der Waals surface area contributed by atoms with Crippen LogP contribution in [-0.4, -0.2) is 39.4 Å². The number of benzene rings is 2. The molecule has 0 unspecified atom stereocenters. The van der Waals surface area contributed by atoms with E-state index in [-0.39, 0.29) is 11.3 Å². The van der Waals surface area contributed by atoms with E-state index >= 15 is 0 Å². The third-order valence-corrected chi connectivity index (χ3v) is 4.76. The lowest BCUT2D eigenvalue weighted by molar-refractivity contribution is 0.283. The molecule has 0 aliphatic heterocycles. The number of rotatable bonds is 7. The van der Waals surface area contributed by atoms with Gasteiger partial charge in [0.1, 0.15) is 5.75 Å². The Kier molecular flexibility index (Phi) is 6.04. The number of fused-ring (bicyclic) bond motifs is 1. The number of nitrogens with zero attached hydrogens (tertiary/aromatic N) is 3. The second-order valence-electron chi connectivity index (χ2n) is 6.47. The van der Waals surface area contributed by atoms with Crippen molar-refractivity contribution in [2.75, 3.05) is 19.6 Å². The maximum atomic E-state index is 12.7. The number of hydrogen-bond acceptors (Lipinski definition) is 4. The minimum Gasteiger partial charge on any atom is -0.508 e. The molecule has 27 heavy (non-hydrogen) atoms. The van der Waals surface area contributed by atoms with Crippen LogP contribution in [0.2, 0.25) is 0 Å². The average molecular weight is 363 g/mol. The zero-order chi connectivity index (χ0) is 19.2. The van der Waals surface area contributed by atoms with Gasteiger partial charge in [0.25, 0.3) is 5.56 Å². The molecule has 5 nitrogen and oxygen atoms in total. The fourth-order valence-corrected chi connectivity index (χ4v) is 3.02. The van der Waals surface area contributed by atoms with Gasteiger partial charge in [-0.05, 0) is 48.5 Å². The van der Waals surface area contributed by atoms with Crippen LogP contribution in [0.4, 0.5) is 0 Å². The summed E-state index contributed by atoms with van der Waals surface area (Å²) < 4.78 is 1.55. The van der Waals surface area contributed by atoms with Crippen LogP contribution >= 0.6 is 0 Å². The summed E-state index contributed by atoms with van der Waals surface area (Å²) in [7, 11) is 0. The molecule has 3 aromatic rings. The topological polar surface area (TPSA) is 58.4 Å². The van der Waals surface area contributed by atoms with Crippen LogP contribution < -0.4 is 5.56 Å². The molecule has 0 saturated carbocycles. The van der Waals surface area contributed by atoms with E-state index in [2.05, 4.69) is 23.8 Å². The molecule has 0 fully saturated rings. The van der Waals surface area contributed by atoms with Gasteiger partial charge in [-0.15, -0.1) is 0 Å². The lowest BCUT2D eigenvalue weighted by atomic mass is 10.1. The molecular weight excluding hydrogens is 338 g/mol. The largest absolute Gasteiger partial charge is 0.508 e. The number of aromatic nitrogens is 2. The monoisotopic (exact) mass is 363 g/mol. The molecule has 1 aromatic heterocycles. The van der Waals surface area contributed by atoms with Crippen LogP contribution in [0.1, 0.15) is 25.0 Å². The molecule has 1 N–H and O–H groups in total. The first-order chi connectivity index (χ1) is 13.1. The third kappa shape index (κ3) is 4.63. The Morgan fingerprint density at radius 1 is 1.04 bits per heavy atom. The highest BCUT2D eigenvalue weighted by molar-refractivity contribution is 5.84. The minimum atomic E-state index is -0.0475. The van der Waals surface area contributed by atoms with E-state index in [0.717, 1.165) is 36.1 Å². The molecule has 5 heteroatoms. The van der Waals surface area contributed by atoms with Crippen LogP contribution in [0.3, 0.4) is 0 Å². The number of hydrogen-bond donors (Lipinski definition) is 1. The summed E-state index contributed by atoms with van der Waals surface area (Å²) in [6, 6.07) is 12.8. The number of aromatic hydroxyl groups is 1. The Bertz CT molecular complexity index is 987. The first-order valence-electron chi connectivity index (χ1n) is 9.30. The SMILES string of the molecule is CCN(CC)CCn1ncc2cc(C=Cc3ccc(O)cc3)ccc2c1=O. The maximum absolute atomic E-state index is 12.7. The summed E-state index contributed by atoms with van der Waals surface area (Å²) >= 11 is 0. The Labute approximate surface area is 159 Å². The van der Waals surface area contributed by atoms with Crippen molar-refractivity contribution >= 4 is 22.9 Å². The van der Waals surface area contributed by atoms with Crippen LogP contribution in [0, 0.1) is 0 Å². The quantitative estimate of drug-likeness (QED) is 0.652. The number of phenolic OH excluding ortho intramolecular Hbond substituents is 1. The van der Waals surface area contributed by atoms with Gasteiger partial charge in [-0.1, -0.05) is 44.2 Å². The first-order valence-corrected chi connectivity index (χ1v) is 9.30. The molecule has 140 valence electrons. The van der Waals surface area contributed by atoms with E-state index < -0.39 is 0 Å². The van der Waals surface area contributed by atoms with Crippen molar-refractivity contribution in [3.05, 3.63) is 70.1 Å². The van der Waals surface area contributed by atoms with Crippen LogP contribution in [-0.2, 0) is 6.54 Å². The molecule has 1 heterocycles. The highest BCUT2D eigenvalue weighted by atomic mass is 16.3. The van der Waals surface area contributed by atoms with E-state index in [1.807, 2.05) is 42.5 Å². The molecule has 0 radical (unpaired) electrons. The molecule has 0 saturated heterocycles. The summed E-state index contributed by atoms with van der Waals surface area (Å²) in [5.74, 6) is 0.251. The predicted molar refractivity (Wildman–Crippen MR) is 111 cm³/mol. The Hall–Kier alpha value is -2.92. The standard InChI is InChI=1S/C22H25N3O2/c1-3-24(4-2)13-14-25-22(27)21-12-9-18(15-19(21)16-23-25)6-5-17-7-10-20(26)11-8-17/h5-12,15-16,26H,3-4,13-14H2,1-2H3. The first kappa shape index (κ1) is 18.9. The molecule has 0 aliphatic rings. The summed E-state index contributed by atoms with van der Waals surface area (Å²) in [4.78, 5) is 15.0. The van der Waals surface area contributed by atoms with Crippen LogP contribution in [0.5, 0.6) is 5.75 Å². The van der Waals surface area contributed by atoms with E-state index in [1.54, 1.807) is 23.0 Å². The van der Waals surface area contributed by atoms with Gasteiger partial charge < -0.3 is 10.0 Å². The third-order valence-electron chi connectivity index (χ3n) is 4.76. The minimum absolute atomic E-state index is 0.0475. The van der Waals surface area contributed by atoms with Gasteiger partial charge in [-0.2, -0.15) is 5.10 Å². The highest BCUT2D eigenvalue weighted by Crippen LogP contribution is 2.16. The van der Waals surface area contributed by atoms with Gasteiger partial charge in [-0.3, -0.25) is 4.79 Å². The second kappa shape index (κ2) is 8.64. The van der Waals surface area contributed by atoms with Crippen LogP contribution in [0.25, 0.3) is 22.9 Å². The maximum Gasteiger partial charge on any atom is 0.274 e. The van der Waals surface area contributed by atoms with Crippen molar-refractivity contribution in [2.24, 2.45) is 0 Å². The van der Waals surface area contributed by atoms with Crippen molar-refractivity contribution in [3.63, 3.8) is 0 Å². The average Bonchev–Trinajstić information content (AvgIpc) is 2.69. The van der Waals surface area contributed by atoms with Crippen molar-refractivity contribution in [1.29, 1.82) is 0 Å². The van der Waals surface area contributed by atoms with Gasteiger partial charge in [-0.25, -0.2) is 4.68 Å². The van der Waals surface area contributed by atoms with Crippen LogP contribution in [0.15, 0.2) is 53.5 Å². The molecule has 0 amide bonds. The van der Waals surface area contributed by atoms with Crippen molar-refractivity contribution in [1.82, 2.24) is 14.7 Å². The molecule has 0 aliphatic carbocycles. The van der Waals surface area contributed by atoms with Crippen molar-refractivity contribution in [2.45, 2.75) is 20.4 Å². The zero-order valence-corrected chi connectivity index (χ0v) is 15.8.